The Morgan fingerprint density at radius 2 is 1.96 bits per heavy atom. The number of aromatic amines is 1. The molecule has 3 N–H and O–H groups in total. The average molecular weight is 378 g/mol. The van der Waals surface area contributed by atoms with Crippen molar-refractivity contribution in [2.75, 3.05) is 13.1 Å². The highest BCUT2D eigenvalue weighted by molar-refractivity contribution is 7.17. The van der Waals surface area contributed by atoms with Crippen LogP contribution < -0.4 is 10.9 Å². The van der Waals surface area contributed by atoms with Crippen molar-refractivity contribution < 1.29 is 5.11 Å². The van der Waals surface area contributed by atoms with Crippen molar-refractivity contribution in [2.24, 2.45) is 0 Å². The number of H-pyrrole nitrogens is 1. The van der Waals surface area contributed by atoms with E-state index in [2.05, 4.69) is 41.5 Å². The first-order chi connectivity index (χ1) is 13.1. The van der Waals surface area contributed by atoms with Gasteiger partial charge in [0.15, 0.2) is 0 Å². The quantitative estimate of drug-likeness (QED) is 0.446. The first kappa shape index (κ1) is 17.8. The van der Waals surface area contributed by atoms with E-state index in [-0.39, 0.29) is 11.3 Å². The number of phenolic OH excluding ortho intramolecular Hbond substituents is 1. The van der Waals surface area contributed by atoms with Crippen LogP contribution in [0.15, 0.2) is 46.6 Å². The molecule has 5 heteroatoms. The first-order valence-corrected chi connectivity index (χ1v) is 10.0. The number of phenols is 1. The number of rotatable bonds is 5. The third-order valence-electron chi connectivity index (χ3n) is 4.97. The largest absolute Gasteiger partial charge is 0.507 e. The molecule has 0 aliphatic rings. The molecule has 0 unspecified atom stereocenters. The highest BCUT2D eigenvalue weighted by Gasteiger charge is 2.17. The Bertz CT molecular complexity index is 1170. The molecule has 0 bridgehead atoms. The predicted octanol–water partition coefficient (Wildman–Crippen LogP) is 4.58. The number of pyridine rings is 1. The monoisotopic (exact) mass is 378 g/mol. The SMILES string of the molecule is CCNCCc1ccc(-c2c(O)cc(C)c3[nH]c(=O)c4sccc4c23)cc1. The van der Waals surface area contributed by atoms with Gasteiger partial charge in [0.25, 0.3) is 5.56 Å². The molecule has 0 radical (unpaired) electrons. The first-order valence-electron chi connectivity index (χ1n) is 9.16. The van der Waals surface area contributed by atoms with E-state index in [1.54, 1.807) is 6.07 Å². The summed E-state index contributed by atoms with van der Waals surface area (Å²) >= 11 is 1.43. The van der Waals surface area contributed by atoms with Crippen LogP contribution in [0.2, 0.25) is 0 Å². The molecule has 2 aromatic heterocycles. The molecule has 138 valence electrons. The van der Waals surface area contributed by atoms with Crippen molar-refractivity contribution in [3.05, 3.63) is 63.3 Å². The smallest absolute Gasteiger partial charge is 0.266 e. The van der Waals surface area contributed by atoms with E-state index in [0.717, 1.165) is 52.5 Å². The van der Waals surface area contributed by atoms with Crippen LogP contribution in [-0.2, 0) is 6.42 Å². The lowest BCUT2D eigenvalue weighted by atomic mass is 9.94. The molecule has 0 saturated carbocycles. The number of aromatic hydroxyl groups is 1. The number of aromatic nitrogens is 1. The van der Waals surface area contributed by atoms with Crippen LogP contribution in [0.25, 0.3) is 32.1 Å². The number of nitrogens with one attached hydrogen (secondary N) is 2. The molecule has 2 heterocycles. The Morgan fingerprint density at radius 1 is 1.19 bits per heavy atom. The van der Waals surface area contributed by atoms with Gasteiger partial charge in [0.05, 0.1) is 5.52 Å². The topological polar surface area (TPSA) is 65.1 Å². The number of hydrogen-bond donors (Lipinski definition) is 3. The van der Waals surface area contributed by atoms with Gasteiger partial charge in [-0.3, -0.25) is 4.79 Å². The Labute approximate surface area is 161 Å². The van der Waals surface area contributed by atoms with Crippen molar-refractivity contribution in [3.8, 4) is 16.9 Å². The Kier molecular flexibility index (Phi) is 4.72. The zero-order chi connectivity index (χ0) is 19.0. The third kappa shape index (κ3) is 3.13. The molecule has 0 aliphatic heterocycles. The average Bonchev–Trinajstić information content (AvgIpc) is 3.15. The van der Waals surface area contributed by atoms with Gasteiger partial charge in [0.2, 0.25) is 0 Å². The van der Waals surface area contributed by atoms with E-state index in [9.17, 15) is 9.90 Å². The molecule has 4 aromatic rings. The van der Waals surface area contributed by atoms with Crippen molar-refractivity contribution in [3.63, 3.8) is 0 Å². The summed E-state index contributed by atoms with van der Waals surface area (Å²) in [6, 6.07) is 12.0. The zero-order valence-corrected chi connectivity index (χ0v) is 16.2. The number of benzene rings is 2. The van der Waals surface area contributed by atoms with Crippen molar-refractivity contribution in [2.45, 2.75) is 20.3 Å². The van der Waals surface area contributed by atoms with E-state index < -0.39 is 0 Å². The van der Waals surface area contributed by atoms with Crippen LogP contribution in [-0.4, -0.2) is 23.2 Å². The Hall–Kier alpha value is -2.63. The fraction of sp³-hybridized carbons (Fsp3) is 0.227. The summed E-state index contributed by atoms with van der Waals surface area (Å²) < 4.78 is 0.691. The Balaban J connectivity index is 1.91. The molecular formula is C22H22N2O2S. The van der Waals surface area contributed by atoms with E-state index in [0.29, 0.717) is 4.70 Å². The number of hydrogen-bond acceptors (Lipinski definition) is 4. The van der Waals surface area contributed by atoms with E-state index >= 15 is 0 Å². The standard InChI is InChI=1S/C22H22N2O2S/c1-3-23-10-8-14-4-6-15(7-5-14)18-17(25)12-13(2)20-19(18)16-9-11-27-21(16)22(26)24-20/h4-7,9,11-12,23,25H,3,8,10H2,1-2H3,(H,24,26). The van der Waals surface area contributed by atoms with Crippen LogP contribution in [0.4, 0.5) is 0 Å². The number of likely N-dealkylation sites (N-methyl/N-ethyl adjacent to an activating group) is 1. The van der Waals surface area contributed by atoms with E-state index in [4.69, 9.17) is 0 Å². The summed E-state index contributed by atoms with van der Waals surface area (Å²) in [6.45, 7) is 5.93. The van der Waals surface area contributed by atoms with Gasteiger partial charge in [-0.2, -0.15) is 0 Å². The maximum atomic E-state index is 12.4. The third-order valence-corrected chi connectivity index (χ3v) is 5.88. The van der Waals surface area contributed by atoms with Crippen LogP contribution in [0.5, 0.6) is 5.75 Å². The van der Waals surface area contributed by atoms with Crippen LogP contribution >= 0.6 is 11.3 Å². The van der Waals surface area contributed by atoms with E-state index in [1.807, 2.05) is 18.4 Å². The fourth-order valence-corrected chi connectivity index (χ4v) is 4.42. The molecule has 0 saturated heterocycles. The number of fused-ring (bicyclic) bond motifs is 3. The van der Waals surface area contributed by atoms with Gasteiger partial charge >= 0.3 is 0 Å². The second-order valence-corrected chi connectivity index (χ2v) is 7.67. The zero-order valence-electron chi connectivity index (χ0n) is 15.4. The molecule has 0 amide bonds. The summed E-state index contributed by atoms with van der Waals surface area (Å²) in [6.07, 6.45) is 0.969. The van der Waals surface area contributed by atoms with Crippen molar-refractivity contribution in [1.82, 2.24) is 10.3 Å². The van der Waals surface area contributed by atoms with Crippen LogP contribution in [0.3, 0.4) is 0 Å². The minimum absolute atomic E-state index is 0.0778. The summed E-state index contributed by atoms with van der Waals surface area (Å²) in [4.78, 5) is 15.4. The number of aryl methyl sites for hydroxylation is 1. The maximum absolute atomic E-state index is 12.4. The van der Waals surface area contributed by atoms with E-state index in [1.165, 1.54) is 16.9 Å². The molecule has 2 aromatic carbocycles. The predicted molar refractivity (Wildman–Crippen MR) is 114 cm³/mol. The highest BCUT2D eigenvalue weighted by atomic mass is 32.1. The summed E-state index contributed by atoms with van der Waals surface area (Å²) in [7, 11) is 0. The van der Waals surface area contributed by atoms with Gasteiger partial charge in [0, 0.05) is 16.3 Å². The molecule has 0 fully saturated rings. The van der Waals surface area contributed by atoms with Crippen molar-refractivity contribution >= 4 is 32.3 Å². The minimum Gasteiger partial charge on any atom is -0.507 e. The van der Waals surface area contributed by atoms with Gasteiger partial charge in [-0.15, -0.1) is 11.3 Å². The van der Waals surface area contributed by atoms with Crippen LogP contribution in [0.1, 0.15) is 18.1 Å². The lowest BCUT2D eigenvalue weighted by Gasteiger charge is -2.13. The van der Waals surface area contributed by atoms with Gasteiger partial charge < -0.3 is 15.4 Å². The normalized spacial score (nSPS) is 11.5. The van der Waals surface area contributed by atoms with Gasteiger partial charge in [-0.1, -0.05) is 31.2 Å². The Morgan fingerprint density at radius 3 is 2.70 bits per heavy atom. The molecule has 27 heavy (non-hydrogen) atoms. The molecule has 4 nitrogen and oxygen atoms in total. The van der Waals surface area contributed by atoms with Gasteiger partial charge in [-0.25, -0.2) is 0 Å². The highest BCUT2D eigenvalue weighted by Crippen LogP contribution is 2.41. The van der Waals surface area contributed by atoms with Crippen LogP contribution in [0, 0.1) is 6.92 Å². The molecular weight excluding hydrogens is 356 g/mol. The second-order valence-electron chi connectivity index (χ2n) is 6.76. The lowest BCUT2D eigenvalue weighted by molar-refractivity contribution is 0.477. The molecule has 0 atom stereocenters. The van der Waals surface area contributed by atoms with Gasteiger partial charge in [-0.05, 0) is 60.6 Å². The minimum atomic E-state index is -0.0778. The number of thiophene rings is 1. The summed E-state index contributed by atoms with van der Waals surface area (Å²) in [5, 5.41) is 17.8. The maximum Gasteiger partial charge on any atom is 0.266 e. The molecule has 4 rings (SSSR count). The summed E-state index contributed by atoms with van der Waals surface area (Å²) in [5.41, 5.74) is 4.54. The summed E-state index contributed by atoms with van der Waals surface area (Å²) in [5.74, 6) is 0.236. The molecule has 0 aliphatic carbocycles. The van der Waals surface area contributed by atoms with Crippen molar-refractivity contribution in [1.29, 1.82) is 0 Å². The lowest BCUT2D eigenvalue weighted by Crippen LogP contribution is -2.15. The van der Waals surface area contributed by atoms with Gasteiger partial charge in [0.1, 0.15) is 10.4 Å². The second kappa shape index (κ2) is 7.18. The molecule has 0 spiro atoms. The fourth-order valence-electron chi connectivity index (χ4n) is 3.62.